The number of fused-ring (bicyclic) bond motifs is 1. The van der Waals surface area contributed by atoms with Gasteiger partial charge in [-0.15, -0.1) is 0 Å². The van der Waals surface area contributed by atoms with Gasteiger partial charge in [-0.2, -0.15) is 0 Å². The molecule has 4 nitrogen and oxygen atoms in total. The van der Waals surface area contributed by atoms with Crippen LogP contribution >= 0.6 is 11.6 Å². The Morgan fingerprint density at radius 1 is 1.43 bits per heavy atom. The molecular formula is C16H21ClN2O2. The number of ether oxygens (including phenoxy) is 1. The van der Waals surface area contributed by atoms with Gasteiger partial charge in [0, 0.05) is 41.6 Å². The summed E-state index contributed by atoms with van der Waals surface area (Å²) in [5.74, 6) is -0.169. The Bertz CT molecular complexity index is 622. The van der Waals surface area contributed by atoms with Crippen LogP contribution in [0.25, 0.3) is 10.9 Å². The van der Waals surface area contributed by atoms with Crippen LogP contribution in [0.5, 0.6) is 0 Å². The van der Waals surface area contributed by atoms with Crippen molar-refractivity contribution in [2.75, 3.05) is 13.7 Å². The Kier molecular flexibility index (Phi) is 5.65. The van der Waals surface area contributed by atoms with E-state index < -0.39 is 0 Å². The molecule has 0 aliphatic rings. The van der Waals surface area contributed by atoms with Crippen LogP contribution in [0.3, 0.4) is 0 Å². The molecule has 2 aromatic rings. The number of esters is 1. The van der Waals surface area contributed by atoms with Crippen LogP contribution in [-0.2, 0) is 22.6 Å². The Labute approximate surface area is 130 Å². The van der Waals surface area contributed by atoms with E-state index in [-0.39, 0.29) is 5.97 Å². The van der Waals surface area contributed by atoms with Crippen LogP contribution in [0.15, 0.2) is 24.4 Å². The number of nitrogens with one attached hydrogen (secondary N) is 1. The van der Waals surface area contributed by atoms with Gasteiger partial charge in [-0.3, -0.25) is 4.79 Å². The van der Waals surface area contributed by atoms with E-state index >= 15 is 0 Å². The molecule has 1 aromatic heterocycles. The number of rotatable bonds is 7. The summed E-state index contributed by atoms with van der Waals surface area (Å²) in [7, 11) is 1.42. The van der Waals surface area contributed by atoms with Crippen molar-refractivity contribution < 1.29 is 9.53 Å². The summed E-state index contributed by atoms with van der Waals surface area (Å²) in [6.45, 7) is 4.63. The summed E-state index contributed by atoms with van der Waals surface area (Å²) in [6.07, 6.45) is 3.32. The molecule has 0 bridgehead atoms. The van der Waals surface area contributed by atoms with Gasteiger partial charge in [0.05, 0.1) is 7.11 Å². The quantitative estimate of drug-likeness (QED) is 0.798. The first-order valence-electron chi connectivity index (χ1n) is 7.20. The van der Waals surface area contributed by atoms with Crippen molar-refractivity contribution in [3.8, 4) is 0 Å². The van der Waals surface area contributed by atoms with Gasteiger partial charge in [0.25, 0.3) is 0 Å². The SMILES string of the molecule is CCNCc1cn(CCCC(=O)OC)c2cc(Cl)ccc12. The van der Waals surface area contributed by atoms with Crippen molar-refractivity contribution in [2.24, 2.45) is 0 Å². The molecule has 21 heavy (non-hydrogen) atoms. The molecule has 0 atom stereocenters. The zero-order chi connectivity index (χ0) is 15.2. The number of nitrogens with zero attached hydrogens (tertiary/aromatic N) is 1. The van der Waals surface area contributed by atoms with Gasteiger partial charge in [0.15, 0.2) is 0 Å². The van der Waals surface area contributed by atoms with E-state index in [1.165, 1.54) is 18.1 Å². The zero-order valence-electron chi connectivity index (χ0n) is 12.5. The Morgan fingerprint density at radius 3 is 2.95 bits per heavy atom. The second-order valence-corrected chi connectivity index (χ2v) is 5.41. The van der Waals surface area contributed by atoms with Crippen LogP contribution in [0.2, 0.25) is 5.02 Å². The molecule has 0 fully saturated rings. The number of carbonyl (C=O) groups excluding carboxylic acids is 1. The average Bonchev–Trinajstić information content (AvgIpc) is 2.82. The highest BCUT2D eigenvalue weighted by molar-refractivity contribution is 6.31. The molecule has 114 valence electrons. The number of methoxy groups -OCH3 is 1. The molecule has 1 heterocycles. The minimum atomic E-state index is -0.169. The first kappa shape index (κ1) is 15.9. The molecule has 0 spiro atoms. The lowest BCUT2D eigenvalue weighted by Gasteiger charge is -2.05. The third-order valence-corrected chi connectivity index (χ3v) is 3.73. The standard InChI is InChI=1S/C16H21ClN2O2/c1-3-18-10-12-11-19(8-4-5-16(20)21-2)15-9-13(17)6-7-14(12)15/h6-7,9,11,18H,3-5,8,10H2,1-2H3. The second-order valence-electron chi connectivity index (χ2n) is 4.97. The maximum Gasteiger partial charge on any atom is 0.305 e. The van der Waals surface area contributed by atoms with Crippen LogP contribution in [0.4, 0.5) is 0 Å². The Hall–Kier alpha value is -1.52. The molecule has 0 unspecified atom stereocenters. The first-order valence-corrected chi connectivity index (χ1v) is 7.58. The molecule has 1 aromatic carbocycles. The van der Waals surface area contributed by atoms with Gasteiger partial charge in [-0.05, 0) is 30.7 Å². The van der Waals surface area contributed by atoms with Crippen LogP contribution in [0.1, 0.15) is 25.3 Å². The Morgan fingerprint density at radius 2 is 2.24 bits per heavy atom. The predicted octanol–water partition coefficient (Wildman–Crippen LogP) is 3.36. The summed E-state index contributed by atoms with van der Waals surface area (Å²) in [5.41, 5.74) is 2.36. The summed E-state index contributed by atoms with van der Waals surface area (Å²) in [4.78, 5) is 11.2. The maximum atomic E-state index is 11.2. The molecular weight excluding hydrogens is 288 g/mol. The van der Waals surface area contributed by atoms with Crippen molar-refractivity contribution in [1.29, 1.82) is 0 Å². The predicted molar refractivity (Wildman–Crippen MR) is 85.6 cm³/mol. The molecule has 0 amide bonds. The van der Waals surface area contributed by atoms with Crippen molar-refractivity contribution >= 4 is 28.5 Å². The molecule has 1 N–H and O–H groups in total. The normalized spacial score (nSPS) is 11.0. The number of halogens is 1. The minimum absolute atomic E-state index is 0.169. The topological polar surface area (TPSA) is 43.3 Å². The minimum Gasteiger partial charge on any atom is -0.469 e. The molecule has 0 radical (unpaired) electrons. The molecule has 0 saturated carbocycles. The van der Waals surface area contributed by atoms with E-state index in [2.05, 4.69) is 33.8 Å². The van der Waals surface area contributed by atoms with Crippen molar-refractivity contribution in [2.45, 2.75) is 32.9 Å². The summed E-state index contributed by atoms with van der Waals surface area (Å²) >= 11 is 6.11. The van der Waals surface area contributed by atoms with Gasteiger partial charge in [0.1, 0.15) is 0 Å². The summed E-state index contributed by atoms with van der Waals surface area (Å²) in [5, 5.41) is 5.28. The molecule has 0 saturated heterocycles. The van der Waals surface area contributed by atoms with E-state index in [4.69, 9.17) is 11.6 Å². The highest BCUT2D eigenvalue weighted by Crippen LogP contribution is 2.25. The lowest BCUT2D eigenvalue weighted by Crippen LogP contribution is -2.11. The first-order chi connectivity index (χ1) is 10.2. The fourth-order valence-corrected chi connectivity index (χ4v) is 2.59. The summed E-state index contributed by atoms with van der Waals surface area (Å²) < 4.78 is 6.84. The van der Waals surface area contributed by atoms with Gasteiger partial charge in [0.2, 0.25) is 0 Å². The smallest absolute Gasteiger partial charge is 0.305 e. The number of aromatic nitrogens is 1. The third kappa shape index (κ3) is 3.99. The largest absolute Gasteiger partial charge is 0.469 e. The van der Waals surface area contributed by atoms with Gasteiger partial charge >= 0.3 is 5.97 Å². The number of hydrogen-bond acceptors (Lipinski definition) is 3. The Balaban J connectivity index is 2.20. The van der Waals surface area contributed by atoms with Crippen LogP contribution in [0, 0.1) is 0 Å². The molecule has 5 heteroatoms. The highest BCUT2D eigenvalue weighted by Gasteiger charge is 2.09. The average molecular weight is 309 g/mol. The van der Waals surface area contributed by atoms with Crippen molar-refractivity contribution in [1.82, 2.24) is 9.88 Å². The molecule has 0 aliphatic heterocycles. The fraction of sp³-hybridized carbons (Fsp3) is 0.438. The lowest BCUT2D eigenvalue weighted by atomic mass is 10.2. The number of hydrogen-bond donors (Lipinski definition) is 1. The van der Waals surface area contributed by atoms with E-state index in [1.807, 2.05) is 12.1 Å². The number of benzene rings is 1. The van der Waals surface area contributed by atoms with Crippen molar-refractivity contribution in [3.05, 3.63) is 35.0 Å². The molecule has 2 rings (SSSR count). The maximum absolute atomic E-state index is 11.2. The second kappa shape index (κ2) is 7.48. The van der Waals surface area contributed by atoms with E-state index in [0.29, 0.717) is 6.42 Å². The van der Waals surface area contributed by atoms with Crippen molar-refractivity contribution in [3.63, 3.8) is 0 Å². The highest BCUT2D eigenvalue weighted by atomic mass is 35.5. The van der Waals surface area contributed by atoms with E-state index in [9.17, 15) is 4.79 Å². The zero-order valence-corrected chi connectivity index (χ0v) is 13.2. The monoisotopic (exact) mass is 308 g/mol. The number of carbonyl (C=O) groups is 1. The fourth-order valence-electron chi connectivity index (χ4n) is 2.42. The van der Waals surface area contributed by atoms with Gasteiger partial charge in [-0.1, -0.05) is 24.6 Å². The van der Waals surface area contributed by atoms with E-state index in [0.717, 1.165) is 36.6 Å². The van der Waals surface area contributed by atoms with Gasteiger partial charge < -0.3 is 14.6 Å². The third-order valence-electron chi connectivity index (χ3n) is 3.50. The van der Waals surface area contributed by atoms with Crippen LogP contribution in [-0.4, -0.2) is 24.2 Å². The molecule has 0 aliphatic carbocycles. The lowest BCUT2D eigenvalue weighted by molar-refractivity contribution is -0.140. The van der Waals surface area contributed by atoms with Gasteiger partial charge in [-0.25, -0.2) is 0 Å². The van der Waals surface area contributed by atoms with Crippen LogP contribution < -0.4 is 5.32 Å². The summed E-state index contributed by atoms with van der Waals surface area (Å²) in [6, 6.07) is 5.95. The number of aryl methyl sites for hydroxylation is 1. The van der Waals surface area contributed by atoms with E-state index in [1.54, 1.807) is 0 Å².